The van der Waals surface area contributed by atoms with Crippen molar-refractivity contribution >= 4 is 28.3 Å². The van der Waals surface area contributed by atoms with E-state index in [-0.39, 0.29) is 12.3 Å². The summed E-state index contributed by atoms with van der Waals surface area (Å²) >= 11 is 5.98. The second kappa shape index (κ2) is 5.62. The van der Waals surface area contributed by atoms with Gasteiger partial charge in [-0.2, -0.15) is 0 Å². The number of Topliss-reactive ketones (excluding diaryl/α,β-unsaturated/α-hetero) is 1. The van der Waals surface area contributed by atoms with Crippen LogP contribution >= 0.6 is 11.6 Å². The van der Waals surface area contributed by atoms with E-state index < -0.39 is 0 Å². The standard InChI is InChI=1S/C17H14ClNO2/c1-21-17-5-3-2-4-14(17)16(20)11-19-9-8-12-10-13(18)6-7-15(12)19/h2-10H,11H2,1H3. The van der Waals surface area contributed by atoms with E-state index in [0.717, 1.165) is 10.9 Å². The van der Waals surface area contributed by atoms with Crippen LogP contribution in [0.4, 0.5) is 0 Å². The van der Waals surface area contributed by atoms with Crippen molar-refractivity contribution in [2.75, 3.05) is 7.11 Å². The van der Waals surface area contributed by atoms with E-state index in [1.54, 1.807) is 19.2 Å². The van der Waals surface area contributed by atoms with E-state index >= 15 is 0 Å². The highest BCUT2D eigenvalue weighted by atomic mass is 35.5. The van der Waals surface area contributed by atoms with Gasteiger partial charge in [-0.25, -0.2) is 0 Å². The van der Waals surface area contributed by atoms with Crippen molar-refractivity contribution in [3.8, 4) is 5.75 Å². The molecule has 3 aromatic rings. The first kappa shape index (κ1) is 13.7. The van der Waals surface area contributed by atoms with Crippen molar-refractivity contribution < 1.29 is 9.53 Å². The summed E-state index contributed by atoms with van der Waals surface area (Å²) in [6.07, 6.45) is 1.90. The molecule has 21 heavy (non-hydrogen) atoms. The van der Waals surface area contributed by atoms with Gasteiger partial charge in [-0.05, 0) is 36.4 Å². The van der Waals surface area contributed by atoms with Crippen molar-refractivity contribution in [1.29, 1.82) is 0 Å². The number of carbonyl (C=O) groups is 1. The number of benzene rings is 2. The van der Waals surface area contributed by atoms with Crippen molar-refractivity contribution in [3.63, 3.8) is 0 Å². The zero-order valence-electron chi connectivity index (χ0n) is 11.5. The maximum Gasteiger partial charge on any atom is 0.186 e. The summed E-state index contributed by atoms with van der Waals surface area (Å²) in [5.41, 5.74) is 1.58. The molecule has 0 amide bonds. The molecule has 0 bridgehead atoms. The number of para-hydroxylation sites is 1. The molecule has 0 atom stereocenters. The third-order valence-corrected chi connectivity index (χ3v) is 3.69. The van der Waals surface area contributed by atoms with E-state index in [2.05, 4.69) is 0 Å². The minimum atomic E-state index is 0.0138. The average molecular weight is 300 g/mol. The number of halogens is 1. The van der Waals surface area contributed by atoms with Crippen LogP contribution < -0.4 is 4.74 Å². The predicted octanol–water partition coefficient (Wildman–Crippen LogP) is 4.19. The first-order valence-corrected chi connectivity index (χ1v) is 6.97. The molecular formula is C17H14ClNO2. The SMILES string of the molecule is COc1ccccc1C(=O)Cn1ccc2cc(Cl)ccc21. The fraction of sp³-hybridized carbons (Fsp3) is 0.118. The van der Waals surface area contributed by atoms with Gasteiger partial charge >= 0.3 is 0 Å². The molecule has 1 heterocycles. The second-order valence-electron chi connectivity index (χ2n) is 4.77. The number of hydrogen-bond acceptors (Lipinski definition) is 2. The largest absolute Gasteiger partial charge is 0.496 e. The molecule has 0 radical (unpaired) electrons. The average Bonchev–Trinajstić information content (AvgIpc) is 2.89. The van der Waals surface area contributed by atoms with Crippen LogP contribution in [0.3, 0.4) is 0 Å². The van der Waals surface area contributed by atoms with Crippen LogP contribution in [0.25, 0.3) is 10.9 Å². The first-order valence-electron chi connectivity index (χ1n) is 6.59. The summed E-state index contributed by atoms with van der Waals surface area (Å²) in [6, 6.07) is 14.9. The maximum atomic E-state index is 12.5. The van der Waals surface area contributed by atoms with Crippen LogP contribution in [0.1, 0.15) is 10.4 Å². The Morgan fingerprint density at radius 3 is 2.81 bits per heavy atom. The number of nitrogens with zero attached hydrogens (tertiary/aromatic N) is 1. The molecule has 0 spiro atoms. The lowest BCUT2D eigenvalue weighted by Gasteiger charge is -2.09. The Bertz CT molecular complexity index is 807. The maximum absolute atomic E-state index is 12.5. The molecule has 1 aromatic heterocycles. The fourth-order valence-electron chi connectivity index (χ4n) is 2.42. The van der Waals surface area contributed by atoms with Gasteiger partial charge in [0.2, 0.25) is 0 Å². The molecule has 3 nitrogen and oxygen atoms in total. The van der Waals surface area contributed by atoms with Gasteiger partial charge in [-0.15, -0.1) is 0 Å². The quantitative estimate of drug-likeness (QED) is 0.677. The van der Waals surface area contributed by atoms with Crippen LogP contribution in [0.2, 0.25) is 5.02 Å². The van der Waals surface area contributed by atoms with Gasteiger partial charge in [-0.1, -0.05) is 23.7 Å². The molecule has 0 aliphatic rings. The third-order valence-electron chi connectivity index (χ3n) is 3.45. The lowest BCUT2D eigenvalue weighted by atomic mass is 10.1. The number of aromatic nitrogens is 1. The van der Waals surface area contributed by atoms with E-state index in [0.29, 0.717) is 16.3 Å². The number of carbonyl (C=O) groups excluding carboxylic acids is 1. The molecule has 0 saturated heterocycles. The summed E-state index contributed by atoms with van der Waals surface area (Å²) in [4.78, 5) is 12.5. The third kappa shape index (κ3) is 2.65. The molecule has 0 aliphatic heterocycles. The number of ketones is 1. The molecule has 0 aliphatic carbocycles. The lowest BCUT2D eigenvalue weighted by molar-refractivity contribution is 0.0970. The Morgan fingerprint density at radius 1 is 1.19 bits per heavy atom. The Kier molecular flexibility index (Phi) is 3.67. The van der Waals surface area contributed by atoms with Crippen LogP contribution in [-0.2, 0) is 6.54 Å². The molecule has 3 rings (SSSR count). The summed E-state index contributed by atoms with van der Waals surface area (Å²) < 4.78 is 7.16. The topological polar surface area (TPSA) is 31.2 Å². The Labute approximate surface area is 127 Å². The molecule has 4 heteroatoms. The smallest absolute Gasteiger partial charge is 0.186 e. The fourth-order valence-corrected chi connectivity index (χ4v) is 2.60. The van der Waals surface area contributed by atoms with Gasteiger partial charge in [-0.3, -0.25) is 4.79 Å². The minimum absolute atomic E-state index is 0.0138. The van der Waals surface area contributed by atoms with E-state index in [1.165, 1.54) is 0 Å². The molecule has 0 saturated carbocycles. The summed E-state index contributed by atoms with van der Waals surface area (Å²) in [7, 11) is 1.57. The lowest BCUT2D eigenvalue weighted by Crippen LogP contribution is -2.10. The molecule has 106 valence electrons. The van der Waals surface area contributed by atoms with Crippen molar-refractivity contribution in [1.82, 2.24) is 4.57 Å². The highest BCUT2D eigenvalue weighted by Gasteiger charge is 2.13. The first-order chi connectivity index (χ1) is 10.2. The Hall–Kier alpha value is -2.26. The minimum Gasteiger partial charge on any atom is -0.496 e. The molecule has 0 unspecified atom stereocenters. The summed E-state index contributed by atoms with van der Waals surface area (Å²) in [6.45, 7) is 0.269. The van der Waals surface area contributed by atoms with Crippen LogP contribution in [-0.4, -0.2) is 17.5 Å². The Balaban J connectivity index is 1.93. The van der Waals surface area contributed by atoms with Gasteiger partial charge in [0.15, 0.2) is 5.78 Å². The van der Waals surface area contributed by atoms with Gasteiger partial charge in [0.05, 0.1) is 19.2 Å². The van der Waals surface area contributed by atoms with Gasteiger partial charge in [0, 0.05) is 22.1 Å². The monoisotopic (exact) mass is 299 g/mol. The van der Waals surface area contributed by atoms with Crippen molar-refractivity contribution in [3.05, 3.63) is 65.3 Å². The predicted molar refractivity (Wildman–Crippen MR) is 84.3 cm³/mol. The van der Waals surface area contributed by atoms with E-state index in [1.807, 2.05) is 47.2 Å². The van der Waals surface area contributed by atoms with Gasteiger partial charge in [0.25, 0.3) is 0 Å². The van der Waals surface area contributed by atoms with Crippen molar-refractivity contribution in [2.24, 2.45) is 0 Å². The van der Waals surface area contributed by atoms with E-state index in [4.69, 9.17) is 16.3 Å². The normalized spacial score (nSPS) is 10.8. The molecule has 2 aromatic carbocycles. The number of fused-ring (bicyclic) bond motifs is 1. The number of rotatable bonds is 4. The van der Waals surface area contributed by atoms with E-state index in [9.17, 15) is 4.79 Å². The molecule has 0 fully saturated rings. The summed E-state index contributed by atoms with van der Waals surface area (Å²) in [5.74, 6) is 0.613. The molecule has 0 N–H and O–H groups in total. The van der Waals surface area contributed by atoms with Crippen molar-refractivity contribution in [2.45, 2.75) is 6.54 Å². The number of ether oxygens (including phenoxy) is 1. The van der Waals surface area contributed by atoms with Crippen LogP contribution in [0.5, 0.6) is 5.75 Å². The Morgan fingerprint density at radius 2 is 2.00 bits per heavy atom. The zero-order chi connectivity index (χ0) is 14.8. The number of methoxy groups -OCH3 is 1. The van der Waals surface area contributed by atoms with Crippen LogP contribution in [0.15, 0.2) is 54.7 Å². The molecular weight excluding hydrogens is 286 g/mol. The number of hydrogen-bond donors (Lipinski definition) is 0. The highest BCUT2D eigenvalue weighted by molar-refractivity contribution is 6.31. The second-order valence-corrected chi connectivity index (χ2v) is 5.21. The van der Waals surface area contributed by atoms with Gasteiger partial charge < -0.3 is 9.30 Å². The zero-order valence-corrected chi connectivity index (χ0v) is 12.3. The van der Waals surface area contributed by atoms with Gasteiger partial charge in [0.1, 0.15) is 5.75 Å². The highest BCUT2D eigenvalue weighted by Crippen LogP contribution is 2.22. The summed E-state index contributed by atoms with van der Waals surface area (Å²) in [5, 5.41) is 1.71. The van der Waals surface area contributed by atoms with Crippen LogP contribution in [0, 0.1) is 0 Å².